The number of nitrogens with zero attached hydrogens (tertiary/aromatic N) is 4. The Balaban J connectivity index is 1.73. The number of amides is 1. The molecule has 168 valence electrons. The van der Waals surface area contributed by atoms with Crippen LogP contribution >= 0.6 is 34.8 Å². The molecule has 2 aromatic carbocycles. The molecule has 2 heterocycles. The molecule has 0 spiro atoms. The van der Waals surface area contributed by atoms with Gasteiger partial charge in [0.1, 0.15) is 16.3 Å². The van der Waals surface area contributed by atoms with Crippen molar-refractivity contribution in [1.82, 2.24) is 15.2 Å². The first-order chi connectivity index (χ1) is 15.7. The fourth-order valence-electron chi connectivity index (χ4n) is 3.15. The van der Waals surface area contributed by atoms with E-state index in [-0.39, 0.29) is 34.0 Å². The molecule has 0 saturated carbocycles. The summed E-state index contributed by atoms with van der Waals surface area (Å²) in [5.74, 6) is 0.564. The summed E-state index contributed by atoms with van der Waals surface area (Å²) in [4.78, 5) is 12.8. The standard InChI is InChI=1S/C23H17Cl3N4O3/c1-12-6-4-5-7-18(12)32-22-17(26)11-19(27-28-22)33-21(15-9-8-14(24)10-16(15)25)20-13(2)29-30(3)23(20)31/h4-11H,1-3H3/b21-20-. The Morgan fingerprint density at radius 1 is 0.970 bits per heavy atom. The number of hydrazone groups is 1. The van der Waals surface area contributed by atoms with Crippen molar-refractivity contribution in [2.45, 2.75) is 13.8 Å². The number of rotatable bonds is 5. The molecule has 0 N–H and O–H groups in total. The summed E-state index contributed by atoms with van der Waals surface area (Å²) in [6.07, 6.45) is 0. The predicted octanol–water partition coefficient (Wildman–Crippen LogP) is 6.18. The lowest BCUT2D eigenvalue weighted by Crippen LogP contribution is -2.19. The molecule has 0 bridgehead atoms. The molecule has 0 saturated heterocycles. The first-order valence-electron chi connectivity index (χ1n) is 9.72. The van der Waals surface area contributed by atoms with E-state index in [1.807, 2.05) is 25.1 Å². The highest BCUT2D eigenvalue weighted by Crippen LogP contribution is 2.35. The summed E-state index contributed by atoms with van der Waals surface area (Å²) in [6, 6.07) is 13.7. The second-order valence-corrected chi connectivity index (χ2v) is 8.40. The summed E-state index contributed by atoms with van der Waals surface area (Å²) in [7, 11) is 1.55. The van der Waals surface area contributed by atoms with Gasteiger partial charge in [0, 0.05) is 23.7 Å². The van der Waals surface area contributed by atoms with Crippen LogP contribution < -0.4 is 9.47 Å². The van der Waals surface area contributed by atoms with Crippen LogP contribution in [0.2, 0.25) is 15.1 Å². The monoisotopic (exact) mass is 502 g/mol. The van der Waals surface area contributed by atoms with Gasteiger partial charge in [-0.05, 0) is 43.7 Å². The summed E-state index contributed by atoms with van der Waals surface area (Å²) >= 11 is 18.8. The molecule has 0 radical (unpaired) electrons. The van der Waals surface area contributed by atoms with Crippen molar-refractivity contribution >= 4 is 52.2 Å². The molecule has 0 unspecified atom stereocenters. The molecule has 3 aromatic rings. The van der Waals surface area contributed by atoms with Gasteiger partial charge in [0.25, 0.3) is 11.8 Å². The molecular weight excluding hydrogens is 487 g/mol. The van der Waals surface area contributed by atoms with Gasteiger partial charge in [0.15, 0.2) is 5.76 Å². The summed E-state index contributed by atoms with van der Waals surface area (Å²) in [6.45, 7) is 3.60. The Kier molecular flexibility index (Phi) is 6.56. The third-order valence-corrected chi connectivity index (χ3v) is 5.59. The quantitative estimate of drug-likeness (QED) is 0.307. The average Bonchev–Trinajstić information content (AvgIpc) is 3.01. The maximum absolute atomic E-state index is 12.8. The molecule has 1 amide bonds. The van der Waals surface area contributed by atoms with Gasteiger partial charge in [-0.15, -0.1) is 10.2 Å². The lowest BCUT2D eigenvalue weighted by atomic mass is 10.0. The Bertz CT molecular complexity index is 1320. The van der Waals surface area contributed by atoms with Gasteiger partial charge in [-0.1, -0.05) is 53.0 Å². The van der Waals surface area contributed by atoms with E-state index in [1.54, 1.807) is 38.2 Å². The van der Waals surface area contributed by atoms with E-state index < -0.39 is 0 Å². The Hall–Kier alpha value is -3.13. The van der Waals surface area contributed by atoms with Crippen molar-refractivity contribution in [1.29, 1.82) is 0 Å². The van der Waals surface area contributed by atoms with Crippen LogP contribution in [0, 0.1) is 6.92 Å². The second-order valence-electron chi connectivity index (χ2n) is 7.15. The van der Waals surface area contributed by atoms with Gasteiger partial charge in [0.2, 0.25) is 5.88 Å². The number of aromatic nitrogens is 2. The number of carbonyl (C=O) groups is 1. The van der Waals surface area contributed by atoms with Crippen LogP contribution in [0.1, 0.15) is 18.1 Å². The number of benzene rings is 2. The van der Waals surface area contributed by atoms with Crippen molar-refractivity contribution in [3.8, 4) is 17.5 Å². The fraction of sp³-hybridized carbons (Fsp3) is 0.130. The number of ether oxygens (including phenoxy) is 2. The zero-order chi connectivity index (χ0) is 23.7. The van der Waals surface area contributed by atoms with E-state index in [2.05, 4.69) is 15.3 Å². The third kappa shape index (κ3) is 4.80. The number of hydrogen-bond acceptors (Lipinski definition) is 6. The van der Waals surface area contributed by atoms with E-state index >= 15 is 0 Å². The molecule has 1 aromatic heterocycles. The Morgan fingerprint density at radius 3 is 2.36 bits per heavy atom. The average molecular weight is 504 g/mol. The number of aryl methyl sites for hydroxylation is 1. The number of likely N-dealkylation sites (N-methyl/N-ethyl adjacent to an activating group) is 1. The maximum atomic E-state index is 12.8. The third-order valence-electron chi connectivity index (χ3n) is 4.77. The van der Waals surface area contributed by atoms with Crippen molar-refractivity contribution in [3.63, 3.8) is 0 Å². The topological polar surface area (TPSA) is 76.9 Å². The predicted molar refractivity (Wildman–Crippen MR) is 128 cm³/mol. The molecule has 1 aliphatic rings. The minimum absolute atomic E-state index is 0.0424. The van der Waals surface area contributed by atoms with Crippen LogP contribution in [0.25, 0.3) is 5.76 Å². The summed E-state index contributed by atoms with van der Waals surface area (Å²) < 4.78 is 11.8. The summed E-state index contributed by atoms with van der Waals surface area (Å²) in [5, 5.41) is 14.4. The number of para-hydroxylation sites is 1. The van der Waals surface area contributed by atoms with Crippen molar-refractivity contribution in [2.75, 3.05) is 7.05 Å². The Morgan fingerprint density at radius 2 is 1.73 bits per heavy atom. The van der Waals surface area contributed by atoms with Crippen LogP contribution in [0.5, 0.6) is 17.5 Å². The van der Waals surface area contributed by atoms with Crippen molar-refractivity contribution < 1.29 is 14.3 Å². The number of hydrogen-bond donors (Lipinski definition) is 0. The van der Waals surface area contributed by atoms with E-state index in [9.17, 15) is 4.79 Å². The zero-order valence-electron chi connectivity index (χ0n) is 17.8. The molecule has 1 aliphatic heterocycles. The van der Waals surface area contributed by atoms with Gasteiger partial charge >= 0.3 is 0 Å². The lowest BCUT2D eigenvalue weighted by Gasteiger charge is -2.15. The number of halogens is 3. The van der Waals surface area contributed by atoms with E-state index in [0.717, 1.165) is 5.56 Å². The van der Waals surface area contributed by atoms with Gasteiger partial charge < -0.3 is 9.47 Å². The SMILES string of the molecule is CC1=NN(C)C(=O)/C1=C(\Oc1cc(Cl)c(Oc2ccccc2C)nn1)c1ccc(Cl)cc1Cl. The van der Waals surface area contributed by atoms with Gasteiger partial charge in [0.05, 0.1) is 10.7 Å². The van der Waals surface area contributed by atoms with E-state index in [1.165, 1.54) is 11.1 Å². The first-order valence-corrected chi connectivity index (χ1v) is 10.9. The zero-order valence-corrected chi connectivity index (χ0v) is 20.0. The highest BCUT2D eigenvalue weighted by atomic mass is 35.5. The first kappa shape index (κ1) is 23.0. The highest BCUT2D eigenvalue weighted by molar-refractivity contribution is 6.36. The summed E-state index contributed by atoms with van der Waals surface area (Å²) in [5.41, 5.74) is 2.05. The van der Waals surface area contributed by atoms with E-state index in [0.29, 0.717) is 27.1 Å². The van der Waals surface area contributed by atoms with Crippen LogP contribution in [-0.4, -0.2) is 33.9 Å². The molecule has 7 nitrogen and oxygen atoms in total. The van der Waals surface area contributed by atoms with Crippen LogP contribution in [0.15, 0.2) is 59.2 Å². The molecule has 0 aliphatic carbocycles. The Labute approximate surface area is 205 Å². The van der Waals surface area contributed by atoms with Gasteiger partial charge in [-0.3, -0.25) is 4.79 Å². The van der Waals surface area contributed by atoms with E-state index in [4.69, 9.17) is 44.3 Å². The molecule has 33 heavy (non-hydrogen) atoms. The highest BCUT2D eigenvalue weighted by Gasteiger charge is 2.31. The van der Waals surface area contributed by atoms with Gasteiger partial charge in [-0.25, -0.2) is 5.01 Å². The van der Waals surface area contributed by atoms with Crippen molar-refractivity contribution in [2.24, 2.45) is 5.10 Å². The molecular formula is C23H17Cl3N4O3. The smallest absolute Gasteiger partial charge is 0.279 e. The molecule has 10 heteroatoms. The minimum atomic E-state index is -0.355. The molecule has 4 rings (SSSR count). The maximum Gasteiger partial charge on any atom is 0.279 e. The number of carbonyl (C=O) groups excluding carboxylic acids is 1. The van der Waals surface area contributed by atoms with Gasteiger partial charge in [-0.2, -0.15) is 5.10 Å². The van der Waals surface area contributed by atoms with Crippen molar-refractivity contribution in [3.05, 3.63) is 80.3 Å². The normalized spacial score (nSPS) is 14.9. The minimum Gasteiger partial charge on any atom is -0.436 e. The molecule has 0 atom stereocenters. The lowest BCUT2D eigenvalue weighted by molar-refractivity contribution is -0.124. The van der Waals surface area contributed by atoms with Crippen LogP contribution in [-0.2, 0) is 4.79 Å². The van der Waals surface area contributed by atoms with Crippen LogP contribution in [0.3, 0.4) is 0 Å². The fourth-order valence-corrected chi connectivity index (χ4v) is 3.82. The largest absolute Gasteiger partial charge is 0.436 e. The van der Waals surface area contributed by atoms with Crippen LogP contribution in [0.4, 0.5) is 0 Å². The second kappa shape index (κ2) is 9.39. The molecule has 0 fully saturated rings.